The van der Waals surface area contributed by atoms with Gasteiger partial charge in [-0.3, -0.25) is 4.79 Å². The second-order valence-electron chi connectivity index (χ2n) is 6.79. The van der Waals surface area contributed by atoms with Crippen LogP contribution in [0.25, 0.3) is 15.9 Å². The van der Waals surface area contributed by atoms with Crippen molar-refractivity contribution in [1.29, 1.82) is 0 Å². The molecule has 4 rings (SSSR count). The number of amides is 1. The van der Waals surface area contributed by atoms with Crippen LogP contribution in [0.5, 0.6) is 0 Å². The summed E-state index contributed by atoms with van der Waals surface area (Å²) in [6.07, 6.45) is -4.44. The number of nitrogens with zero attached hydrogens (tertiary/aromatic N) is 2. The Bertz CT molecular complexity index is 1280. The summed E-state index contributed by atoms with van der Waals surface area (Å²) in [7, 11) is 0. The van der Waals surface area contributed by atoms with Gasteiger partial charge in [0.15, 0.2) is 0 Å². The molecule has 4 aromatic rings. The molecule has 2 heterocycles. The summed E-state index contributed by atoms with van der Waals surface area (Å²) in [6, 6.07) is 12.2. The molecule has 0 atom stereocenters. The van der Waals surface area contributed by atoms with E-state index in [1.165, 1.54) is 22.1 Å². The van der Waals surface area contributed by atoms with Gasteiger partial charge in [0.1, 0.15) is 4.83 Å². The van der Waals surface area contributed by atoms with Crippen LogP contribution in [-0.4, -0.2) is 15.7 Å². The predicted molar refractivity (Wildman–Crippen MR) is 116 cm³/mol. The summed E-state index contributed by atoms with van der Waals surface area (Å²) in [5.74, 6) is -0.284. The summed E-state index contributed by atoms with van der Waals surface area (Å²) in [6.45, 7) is 3.69. The molecule has 4 nitrogen and oxygen atoms in total. The maximum atomic E-state index is 13.1. The number of halogens is 4. The molecule has 9 heteroatoms. The smallest absolute Gasteiger partial charge is 0.321 e. The molecule has 2 aromatic heterocycles. The van der Waals surface area contributed by atoms with E-state index in [-0.39, 0.29) is 5.91 Å². The fraction of sp³-hybridized carbons (Fsp3) is 0.143. The van der Waals surface area contributed by atoms with Crippen molar-refractivity contribution in [1.82, 2.24) is 9.78 Å². The number of fused-ring (bicyclic) bond motifs is 1. The van der Waals surface area contributed by atoms with Gasteiger partial charge < -0.3 is 5.32 Å². The molecule has 30 heavy (non-hydrogen) atoms. The Morgan fingerprint density at radius 2 is 1.90 bits per heavy atom. The van der Waals surface area contributed by atoms with E-state index >= 15 is 0 Å². The van der Waals surface area contributed by atoms with Gasteiger partial charge in [-0.05, 0) is 61.9 Å². The van der Waals surface area contributed by atoms with Gasteiger partial charge in [0.2, 0.25) is 0 Å². The molecule has 0 aliphatic heterocycles. The van der Waals surface area contributed by atoms with Crippen molar-refractivity contribution < 1.29 is 18.0 Å². The number of hydrogen-bond acceptors (Lipinski definition) is 3. The van der Waals surface area contributed by atoms with Crippen LogP contribution in [-0.2, 0) is 6.18 Å². The highest BCUT2D eigenvalue weighted by Crippen LogP contribution is 2.34. The Labute approximate surface area is 182 Å². The zero-order valence-electron chi connectivity index (χ0n) is 15.8. The van der Waals surface area contributed by atoms with Gasteiger partial charge in [-0.15, -0.1) is 11.3 Å². The number of alkyl halides is 3. The van der Waals surface area contributed by atoms with Gasteiger partial charge in [-0.25, -0.2) is 4.68 Å². The molecule has 0 unspecified atom stereocenters. The van der Waals surface area contributed by atoms with Crippen molar-refractivity contribution in [2.75, 3.05) is 5.32 Å². The van der Waals surface area contributed by atoms with E-state index in [1.54, 1.807) is 25.1 Å². The number of carbonyl (C=O) groups excluding carboxylic acids is 1. The Kier molecular flexibility index (Phi) is 5.19. The summed E-state index contributed by atoms with van der Waals surface area (Å²) in [4.78, 5) is 13.8. The minimum absolute atomic E-state index is 0.284. The van der Waals surface area contributed by atoms with Gasteiger partial charge in [-0.1, -0.05) is 22.0 Å². The quantitative estimate of drug-likeness (QED) is 0.343. The first-order chi connectivity index (χ1) is 14.1. The first-order valence-electron chi connectivity index (χ1n) is 8.88. The van der Waals surface area contributed by atoms with Crippen LogP contribution < -0.4 is 5.32 Å². The highest BCUT2D eigenvalue weighted by molar-refractivity contribution is 9.10. The number of aromatic nitrogens is 2. The van der Waals surface area contributed by atoms with Gasteiger partial charge >= 0.3 is 6.18 Å². The molecular weight excluding hydrogens is 479 g/mol. The lowest BCUT2D eigenvalue weighted by Gasteiger charge is -2.09. The molecule has 0 saturated carbocycles. The monoisotopic (exact) mass is 493 g/mol. The van der Waals surface area contributed by atoms with Gasteiger partial charge in [0.05, 0.1) is 21.8 Å². The molecule has 0 radical (unpaired) electrons. The number of aryl methyl sites for hydroxylation is 2. The number of carbonyl (C=O) groups is 1. The zero-order chi connectivity index (χ0) is 21.6. The van der Waals surface area contributed by atoms with E-state index in [4.69, 9.17) is 0 Å². The third-order valence-corrected chi connectivity index (χ3v) is 6.60. The minimum Gasteiger partial charge on any atom is -0.321 e. The molecule has 0 fully saturated rings. The Morgan fingerprint density at radius 3 is 2.60 bits per heavy atom. The lowest BCUT2D eigenvalue weighted by atomic mass is 10.2. The van der Waals surface area contributed by atoms with Crippen LogP contribution in [0.2, 0.25) is 0 Å². The van der Waals surface area contributed by atoms with Gasteiger partial charge in [0, 0.05) is 15.5 Å². The SMILES string of the molecule is Cc1cc(NC(=O)c2cc3c(C)nn(-c4cccc(C(F)(F)F)c4)c3s2)ccc1Br. The lowest BCUT2D eigenvalue weighted by molar-refractivity contribution is -0.137. The van der Waals surface area contributed by atoms with E-state index in [0.717, 1.165) is 27.6 Å². The summed E-state index contributed by atoms with van der Waals surface area (Å²) in [5, 5.41) is 7.96. The first-order valence-corrected chi connectivity index (χ1v) is 10.5. The van der Waals surface area contributed by atoms with E-state index in [1.807, 2.05) is 19.1 Å². The maximum absolute atomic E-state index is 13.1. The molecule has 0 aliphatic rings. The average Bonchev–Trinajstić information content (AvgIpc) is 3.25. The number of hydrogen-bond donors (Lipinski definition) is 1. The van der Waals surface area contributed by atoms with Crippen molar-refractivity contribution in [3.05, 3.63) is 74.7 Å². The molecule has 1 amide bonds. The van der Waals surface area contributed by atoms with Crippen molar-refractivity contribution in [2.45, 2.75) is 20.0 Å². The largest absolute Gasteiger partial charge is 0.416 e. The van der Waals surface area contributed by atoms with Crippen LogP contribution in [0.15, 0.2) is 53.0 Å². The van der Waals surface area contributed by atoms with Crippen LogP contribution >= 0.6 is 27.3 Å². The second-order valence-corrected chi connectivity index (χ2v) is 8.68. The van der Waals surface area contributed by atoms with Crippen LogP contribution in [0.1, 0.15) is 26.5 Å². The number of nitrogens with one attached hydrogen (secondary N) is 1. The molecule has 0 spiro atoms. The molecule has 1 N–H and O–H groups in total. The maximum Gasteiger partial charge on any atom is 0.416 e. The topological polar surface area (TPSA) is 46.9 Å². The number of benzene rings is 2. The van der Waals surface area contributed by atoms with Crippen LogP contribution in [0, 0.1) is 13.8 Å². The van der Waals surface area contributed by atoms with Crippen molar-refractivity contribution in [2.24, 2.45) is 0 Å². The molecular formula is C21H15BrF3N3OS. The van der Waals surface area contributed by atoms with Crippen molar-refractivity contribution in [3.63, 3.8) is 0 Å². The number of thiophene rings is 1. The van der Waals surface area contributed by atoms with E-state index in [2.05, 4.69) is 26.3 Å². The van der Waals surface area contributed by atoms with Gasteiger partial charge in [-0.2, -0.15) is 18.3 Å². The van der Waals surface area contributed by atoms with Crippen molar-refractivity contribution >= 4 is 49.1 Å². The number of rotatable bonds is 3. The molecule has 154 valence electrons. The molecule has 0 aliphatic carbocycles. The van der Waals surface area contributed by atoms with Crippen LogP contribution in [0.3, 0.4) is 0 Å². The molecule has 2 aromatic carbocycles. The lowest BCUT2D eigenvalue weighted by Crippen LogP contribution is -2.10. The molecule has 0 bridgehead atoms. The third-order valence-electron chi connectivity index (χ3n) is 4.60. The standard InChI is InChI=1S/C21H15BrF3N3OS/c1-11-8-14(6-7-17(11)22)26-19(29)18-10-16-12(2)27-28(20(16)30-18)15-5-3-4-13(9-15)21(23,24)25/h3-10H,1-2H3,(H,26,29). The number of anilines is 1. The van der Waals surface area contributed by atoms with E-state index < -0.39 is 11.7 Å². The Morgan fingerprint density at radius 1 is 1.13 bits per heavy atom. The highest BCUT2D eigenvalue weighted by atomic mass is 79.9. The second kappa shape index (κ2) is 7.55. The minimum atomic E-state index is -4.44. The predicted octanol–water partition coefficient (Wildman–Crippen LogP) is 6.74. The zero-order valence-corrected chi connectivity index (χ0v) is 18.2. The van der Waals surface area contributed by atoms with E-state index in [0.29, 0.717) is 26.8 Å². The third kappa shape index (κ3) is 3.87. The van der Waals surface area contributed by atoms with Crippen LogP contribution in [0.4, 0.5) is 18.9 Å². The first kappa shape index (κ1) is 20.6. The normalized spacial score (nSPS) is 11.8. The van der Waals surface area contributed by atoms with E-state index in [9.17, 15) is 18.0 Å². The van der Waals surface area contributed by atoms with Crippen molar-refractivity contribution in [3.8, 4) is 5.69 Å². The van der Waals surface area contributed by atoms with Gasteiger partial charge in [0.25, 0.3) is 5.91 Å². The Balaban J connectivity index is 1.70. The summed E-state index contributed by atoms with van der Waals surface area (Å²) < 4.78 is 41.7. The fourth-order valence-corrected chi connectivity index (χ4v) is 4.39. The molecule has 0 saturated heterocycles. The highest BCUT2D eigenvalue weighted by Gasteiger charge is 2.31. The average molecular weight is 494 g/mol. The summed E-state index contributed by atoms with van der Waals surface area (Å²) >= 11 is 4.61. The summed E-state index contributed by atoms with van der Waals surface area (Å²) in [5.41, 5.74) is 1.83. The Hall–Kier alpha value is -2.65. The fourth-order valence-electron chi connectivity index (χ4n) is 3.06.